The third-order valence-electron chi connectivity index (χ3n) is 3.72. The van der Waals surface area contributed by atoms with E-state index in [1.165, 1.54) is 0 Å². The monoisotopic (exact) mass is 322 g/mol. The van der Waals surface area contributed by atoms with Crippen LogP contribution in [-0.4, -0.2) is 27.1 Å². The fourth-order valence-corrected chi connectivity index (χ4v) is 2.34. The van der Waals surface area contributed by atoms with Gasteiger partial charge < -0.3 is 15.7 Å². The van der Waals surface area contributed by atoms with E-state index in [4.69, 9.17) is 5.11 Å². The third kappa shape index (κ3) is 3.27. The van der Waals surface area contributed by atoms with Gasteiger partial charge in [0, 0.05) is 11.1 Å². The predicted octanol–water partition coefficient (Wildman–Crippen LogP) is 3.57. The van der Waals surface area contributed by atoms with E-state index in [1.807, 2.05) is 55.5 Å². The molecular weight excluding hydrogens is 304 g/mol. The number of anilines is 3. The minimum absolute atomic E-state index is 0.420. The quantitative estimate of drug-likeness (QED) is 0.666. The van der Waals surface area contributed by atoms with Crippen molar-refractivity contribution < 1.29 is 9.90 Å². The van der Waals surface area contributed by atoms with Gasteiger partial charge in [0.15, 0.2) is 0 Å². The number of carboxylic acid groups (broad SMARTS) is 1. The first-order valence-corrected chi connectivity index (χ1v) is 7.63. The van der Waals surface area contributed by atoms with E-state index >= 15 is 0 Å². The Labute approximate surface area is 139 Å². The molecule has 1 unspecified atom stereocenters. The number of aliphatic carboxylic acids is 1. The van der Waals surface area contributed by atoms with Gasteiger partial charge in [-0.05, 0) is 37.6 Å². The Bertz CT molecular complexity index is 895. The number of benzene rings is 2. The molecule has 0 spiro atoms. The van der Waals surface area contributed by atoms with Gasteiger partial charge in [0.05, 0.1) is 5.52 Å². The summed E-state index contributed by atoms with van der Waals surface area (Å²) in [5.41, 5.74) is 2.72. The van der Waals surface area contributed by atoms with Crippen LogP contribution in [0, 0.1) is 6.92 Å². The molecule has 0 bridgehead atoms. The number of carbonyl (C=O) groups is 1. The molecule has 24 heavy (non-hydrogen) atoms. The van der Waals surface area contributed by atoms with Gasteiger partial charge in [0.2, 0.25) is 5.95 Å². The summed E-state index contributed by atoms with van der Waals surface area (Å²) in [4.78, 5) is 20.1. The lowest BCUT2D eigenvalue weighted by atomic mass is 10.2. The second-order valence-electron chi connectivity index (χ2n) is 5.56. The van der Waals surface area contributed by atoms with Crippen LogP contribution in [-0.2, 0) is 4.79 Å². The van der Waals surface area contributed by atoms with Gasteiger partial charge >= 0.3 is 5.97 Å². The van der Waals surface area contributed by atoms with E-state index in [-0.39, 0.29) is 0 Å². The molecular formula is C18H18N4O2. The maximum absolute atomic E-state index is 11.1. The number of hydrogen-bond donors (Lipinski definition) is 3. The van der Waals surface area contributed by atoms with Gasteiger partial charge in [-0.2, -0.15) is 4.98 Å². The zero-order valence-electron chi connectivity index (χ0n) is 13.4. The molecule has 122 valence electrons. The first-order valence-electron chi connectivity index (χ1n) is 7.63. The van der Waals surface area contributed by atoms with Crippen molar-refractivity contribution in [1.82, 2.24) is 9.97 Å². The maximum atomic E-state index is 11.1. The summed E-state index contributed by atoms with van der Waals surface area (Å²) in [6.45, 7) is 3.57. The van der Waals surface area contributed by atoms with Gasteiger partial charge in [-0.15, -0.1) is 0 Å². The van der Waals surface area contributed by atoms with Crippen molar-refractivity contribution in [2.24, 2.45) is 0 Å². The van der Waals surface area contributed by atoms with Crippen LogP contribution in [0.5, 0.6) is 0 Å². The highest BCUT2D eigenvalue weighted by molar-refractivity contribution is 5.92. The molecule has 1 heterocycles. The molecule has 0 amide bonds. The first kappa shape index (κ1) is 15.7. The van der Waals surface area contributed by atoms with E-state index in [0.29, 0.717) is 11.8 Å². The summed E-state index contributed by atoms with van der Waals surface area (Å²) in [7, 11) is 0. The van der Waals surface area contributed by atoms with Crippen molar-refractivity contribution in [2.75, 3.05) is 10.6 Å². The molecule has 6 nitrogen and oxygen atoms in total. The van der Waals surface area contributed by atoms with Gasteiger partial charge in [-0.1, -0.05) is 30.3 Å². The van der Waals surface area contributed by atoms with Crippen molar-refractivity contribution in [1.29, 1.82) is 0 Å². The Kier molecular flexibility index (Phi) is 4.29. The molecule has 2 aromatic carbocycles. The SMILES string of the molecule is Cc1ccccc1Nc1nc(NC(C)C(=O)O)c2ccccc2n1. The number of para-hydroxylation sites is 2. The number of nitrogens with zero attached hydrogens (tertiary/aromatic N) is 2. The second kappa shape index (κ2) is 6.54. The minimum atomic E-state index is -0.939. The second-order valence-corrected chi connectivity index (χ2v) is 5.56. The number of carboxylic acids is 1. The smallest absolute Gasteiger partial charge is 0.325 e. The summed E-state index contributed by atoms with van der Waals surface area (Å²) >= 11 is 0. The molecule has 3 aromatic rings. The zero-order chi connectivity index (χ0) is 17.1. The molecule has 6 heteroatoms. The van der Waals surface area contributed by atoms with Gasteiger partial charge in [0.1, 0.15) is 11.9 Å². The molecule has 3 N–H and O–H groups in total. The predicted molar refractivity (Wildman–Crippen MR) is 94.7 cm³/mol. The molecule has 0 aliphatic carbocycles. The molecule has 0 radical (unpaired) electrons. The lowest BCUT2D eigenvalue weighted by Gasteiger charge is -2.14. The van der Waals surface area contributed by atoms with E-state index in [0.717, 1.165) is 22.2 Å². The van der Waals surface area contributed by atoms with Crippen LogP contribution in [0.2, 0.25) is 0 Å². The summed E-state index contributed by atoms with van der Waals surface area (Å²) in [5.74, 6) is -0.0271. The number of hydrogen-bond acceptors (Lipinski definition) is 5. The number of aryl methyl sites for hydroxylation is 1. The highest BCUT2D eigenvalue weighted by Crippen LogP contribution is 2.25. The molecule has 0 fully saturated rings. The maximum Gasteiger partial charge on any atom is 0.325 e. The van der Waals surface area contributed by atoms with E-state index in [2.05, 4.69) is 20.6 Å². The lowest BCUT2D eigenvalue weighted by molar-refractivity contribution is -0.137. The fourth-order valence-electron chi connectivity index (χ4n) is 2.34. The summed E-state index contributed by atoms with van der Waals surface area (Å²) in [6.07, 6.45) is 0. The zero-order valence-corrected chi connectivity index (χ0v) is 13.4. The van der Waals surface area contributed by atoms with Crippen molar-refractivity contribution in [3.8, 4) is 0 Å². The highest BCUT2D eigenvalue weighted by atomic mass is 16.4. The van der Waals surface area contributed by atoms with Crippen LogP contribution in [0.3, 0.4) is 0 Å². The summed E-state index contributed by atoms with van der Waals surface area (Å²) < 4.78 is 0. The van der Waals surface area contributed by atoms with Gasteiger partial charge in [-0.3, -0.25) is 4.79 Å². The van der Waals surface area contributed by atoms with Crippen LogP contribution < -0.4 is 10.6 Å². The van der Waals surface area contributed by atoms with Crippen LogP contribution in [0.15, 0.2) is 48.5 Å². The number of aromatic nitrogens is 2. The normalized spacial score (nSPS) is 11.9. The standard InChI is InChI=1S/C18H18N4O2/c1-11-7-3-5-9-14(11)20-18-21-15-10-6-4-8-13(15)16(22-18)19-12(2)17(23)24/h3-10,12H,1-2H3,(H,23,24)(H2,19,20,21,22). The van der Waals surface area contributed by atoms with Crippen LogP contribution in [0.4, 0.5) is 17.5 Å². The largest absolute Gasteiger partial charge is 0.480 e. The number of fused-ring (bicyclic) bond motifs is 1. The fraction of sp³-hybridized carbons (Fsp3) is 0.167. The molecule has 3 rings (SSSR count). The summed E-state index contributed by atoms with van der Waals surface area (Å²) in [5, 5.41) is 16.0. The number of nitrogens with one attached hydrogen (secondary N) is 2. The Hall–Kier alpha value is -3.15. The Morgan fingerprint density at radius 2 is 1.79 bits per heavy atom. The van der Waals surface area contributed by atoms with E-state index < -0.39 is 12.0 Å². The summed E-state index contributed by atoms with van der Waals surface area (Å²) in [6, 6.07) is 14.6. The Balaban J connectivity index is 2.03. The van der Waals surface area contributed by atoms with E-state index in [1.54, 1.807) is 6.92 Å². The molecule has 1 aromatic heterocycles. The van der Waals surface area contributed by atoms with Crippen molar-refractivity contribution in [3.63, 3.8) is 0 Å². The van der Waals surface area contributed by atoms with Gasteiger partial charge in [0.25, 0.3) is 0 Å². The Morgan fingerprint density at radius 1 is 1.08 bits per heavy atom. The molecule has 0 aliphatic heterocycles. The lowest BCUT2D eigenvalue weighted by Crippen LogP contribution is -2.26. The molecule has 0 saturated heterocycles. The average molecular weight is 322 g/mol. The van der Waals surface area contributed by atoms with E-state index in [9.17, 15) is 4.79 Å². The van der Waals surface area contributed by atoms with Gasteiger partial charge in [-0.25, -0.2) is 4.98 Å². The molecule has 1 atom stereocenters. The minimum Gasteiger partial charge on any atom is -0.480 e. The average Bonchev–Trinajstić information content (AvgIpc) is 2.57. The molecule has 0 saturated carbocycles. The van der Waals surface area contributed by atoms with Crippen LogP contribution in [0.25, 0.3) is 10.9 Å². The first-order chi connectivity index (χ1) is 11.5. The topological polar surface area (TPSA) is 87.1 Å². The highest BCUT2D eigenvalue weighted by Gasteiger charge is 2.15. The van der Waals surface area contributed by atoms with Crippen molar-refractivity contribution in [2.45, 2.75) is 19.9 Å². The van der Waals surface area contributed by atoms with Crippen molar-refractivity contribution in [3.05, 3.63) is 54.1 Å². The third-order valence-corrected chi connectivity index (χ3v) is 3.72. The van der Waals surface area contributed by atoms with Crippen LogP contribution in [0.1, 0.15) is 12.5 Å². The Morgan fingerprint density at radius 3 is 2.54 bits per heavy atom. The van der Waals surface area contributed by atoms with Crippen molar-refractivity contribution >= 4 is 34.3 Å². The van der Waals surface area contributed by atoms with Crippen LogP contribution >= 0.6 is 0 Å². The molecule has 0 aliphatic rings. The number of rotatable bonds is 5.